The smallest absolute Gasteiger partial charge is 0.142 e. The summed E-state index contributed by atoms with van der Waals surface area (Å²) in [6, 6.07) is 6.26. The normalized spacial score (nSPS) is 16.2. The minimum Gasteiger partial charge on any atom is -0.308 e. The predicted octanol–water partition coefficient (Wildman–Crippen LogP) is 1.00. The Labute approximate surface area is 98.8 Å². The van der Waals surface area contributed by atoms with Crippen LogP contribution < -0.4 is 11.3 Å². The fourth-order valence-electron chi connectivity index (χ4n) is 1.69. The lowest BCUT2D eigenvalue weighted by molar-refractivity contribution is 0.971. The average molecular weight is 227 g/mol. The zero-order chi connectivity index (χ0) is 11.7. The molecule has 17 heavy (non-hydrogen) atoms. The molecule has 0 saturated heterocycles. The average Bonchev–Trinajstić information content (AvgIpc) is 3.19. The molecular formula is C12H13N5. The lowest BCUT2D eigenvalue weighted by atomic mass is 10.2. The van der Waals surface area contributed by atoms with E-state index in [1.807, 2.05) is 18.2 Å². The Hall–Kier alpha value is -2.01. The first-order chi connectivity index (χ1) is 8.36. The fraction of sp³-hybridized carbons (Fsp3) is 0.250. The minimum absolute atomic E-state index is 0.429. The van der Waals surface area contributed by atoms with Gasteiger partial charge in [0.2, 0.25) is 0 Å². The van der Waals surface area contributed by atoms with E-state index in [0.717, 1.165) is 35.3 Å². The summed E-state index contributed by atoms with van der Waals surface area (Å²) in [5, 5.41) is 0. The van der Waals surface area contributed by atoms with E-state index in [9.17, 15) is 0 Å². The SMILES string of the molecule is NNC(=NC1CC1)c1ccc2nccnc2c1. The third-order valence-corrected chi connectivity index (χ3v) is 2.74. The van der Waals surface area contributed by atoms with Gasteiger partial charge in [0.15, 0.2) is 0 Å². The van der Waals surface area contributed by atoms with Gasteiger partial charge in [-0.2, -0.15) is 0 Å². The molecule has 1 aromatic carbocycles. The molecular weight excluding hydrogens is 214 g/mol. The Bertz CT molecular complexity index is 574. The molecule has 1 aromatic heterocycles. The molecule has 1 heterocycles. The van der Waals surface area contributed by atoms with Gasteiger partial charge in [-0.05, 0) is 31.0 Å². The summed E-state index contributed by atoms with van der Waals surface area (Å²) in [7, 11) is 0. The van der Waals surface area contributed by atoms with Gasteiger partial charge in [0.05, 0.1) is 17.1 Å². The van der Waals surface area contributed by atoms with Crippen molar-refractivity contribution in [1.82, 2.24) is 15.4 Å². The Kier molecular flexibility index (Phi) is 2.45. The van der Waals surface area contributed by atoms with E-state index in [2.05, 4.69) is 20.4 Å². The molecule has 1 aliphatic rings. The van der Waals surface area contributed by atoms with Crippen molar-refractivity contribution in [2.24, 2.45) is 10.8 Å². The number of hydrogen-bond donors (Lipinski definition) is 2. The van der Waals surface area contributed by atoms with Crippen molar-refractivity contribution >= 4 is 16.9 Å². The van der Waals surface area contributed by atoms with Crippen molar-refractivity contribution in [1.29, 1.82) is 0 Å². The topological polar surface area (TPSA) is 76.2 Å². The van der Waals surface area contributed by atoms with E-state index in [1.54, 1.807) is 12.4 Å². The van der Waals surface area contributed by atoms with Gasteiger partial charge in [-0.1, -0.05) is 0 Å². The van der Waals surface area contributed by atoms with E-state index in [4.69, 9.17) is 5.84 Å². The van der Waals surface area contributed by atoms with Crippen LogP contribution >= 0.6 is 0 Å². The second kappa shape index (κ2) is 4.10. The van der Waals surface area contributed by atoms with Crippen LogP contribution in [0.25, 0.3) is 11.0 Å². The quantitative estimate of drug-likeness (QED) is 0.347. The Morgan fingerprint density at radius 3 is 2.71 bits per heavy atom. The monoisotopic (exact) mass is 227 g/mol. The van der Waals surface area contributed by atoms with Crippen molar-refractivity contribution in [3.05, 3.63) is 36.2 Å². The molecule has 0 bridgehead atoms. The first-order valence-corrected chi connectivity index (χ1v) is 5.62. The first-order valence-electron chi connectivity index (χ1n) is 5.62. The van der Waals surface area contributed by atoms with Gasteiger partial charge in [-0.25, -0.2) is 5.84 Å². The second-order valence-electron chi connectivity index (χ2n) is 4.11. The van der Waals surface area contributed by atoms with Gasteiger partial charge < -0.3 is 5.43 Å². The highest BCUT2D eigenvalue weighted by atomic mass is 15.3. The second-order valence-corrected chi connectivity index (χ2v) is 4.11. The molecule has 3 N–H and O–H groups in total. The van der Waals surface area contributed by atoms with Crippen LogP contribution in [0.3, 0.4) is 0 Å². The molecule has 0 amide bonds. The lowest BCUT2D eigenvalue weighted by Crippen LogP contribution is -2.31. The zero-order valence-electron chi connectivity index (χ0n) is 9.30. The number of aromatic nitrogens is 2. The fourth-order valence-corrected chi connectivity index (χ4v) is 1.69. The number of hydrogen-bond acceptors (Lipinski definition) is 4. The molecule has 0 aliphatic heterocycles. The van der Waals surface area contributed by atoms with Crippen LogP contribution in [0.5, 0.6) is 0 Å². The molecule has 1 aliphatic carbocycles. The van der Waals surface area contributed by atoms with Crippen molar-refractivity contribution in [2.75, 3.05) is 0 Å². The number of nitrogens with zero attached hydrogens (tertiary/aromatic N) is 3. The number of hydrazine groups is 1. The third-order valence-electron chi connectivity index (χ3n) is 2.74. The van der Waals surface area contributed by atoms with Crippen LogP contribution in [0.15, 0.2) is 35.6 Å². The van der Waals surface area contributed by atoms with Gasteiger partial charge in [0.1, 0.15) is 5.84 Å². The highest BCUT2D eigenvalue weighted by molar-refractivity contribution is 6.00. The Balaban J connectivity index is 2.04. The van der Waals surface area contributed by atoms with Gasteiger partial charge in [0.25, 0.3) is 0 Å². The van der Waals surface area contributed by atoms with E-state index in [-0.39, 0.29) is 0 Å². The number of aliphatic imine (C=N–C) groups is 1. The summed E-state index contributed by atoms with van der Waals surface area (Å²) in [6.07, 6.45) is 5.67. The standard InChI is InChI=1S/C12H13N5/c13-17-12(16-9-2-3-9)8-1-4-10-11(7-8)15-6-5-14-10/h1,4-7,9H,2-3,13H2,(H,16,17). The minimum atomic E-state index is 0.429. The van der Waals surface area contributed by atoms with Crippen LogP contribution in [0.4, 0.5) is 0 Å². The summed E-state index contributed by atoms with van der Waals surface area (Å²) in [5.41, 5.74) is 5.33. The van der Waals surface area contributed by atoms with Crippen LogP contribution in [-0.2, 0) is 0 Å². The Morgan fingerprint density at radius 1 is 1.24 bits per heavy atom. The molecule has 0 unspecified atom stereocenters. The van der Waals surface area contributed by atoms with Crippen LogP contribution in [0, 0.1) is 0 Å². The summed E-state index contributed by atoms with van der Waals surface area (Å²) in [4.78, 5) is 13.0. The van der Waals surface area contributed by atoms with Gasteiger partial charge in [0, 0.05) is 18.0 Å². The third kappa shape index (κ3) is 2.09. The Morgan fingerprint density at radius 2 is 2.00 bits per heavy atom. The maximum absolute atomic E-state index is 5.51. The van der Waals surface area contributed by atoms with Crippen molar-refractivity contribution < 1.29 is 0 Å². The highest BCUT2D eigenvalue weighted by Gasteiger charge is 2.21. The predicted molar refractivity (Wildman–Crippen MR) is 66.4 cm³/mol. The van der Waals surface area contributed by atoms with E-state index in [1.165, 1.54) is 0 Å². The number of nitrogens with two attached hydrogens (primary N) is 1. The van der Waals surface area contributed by atoms with Crippen LogP contribution in [0.2, 0.25) is 0 Å². The lowest BCUT2D eigenvalue weighted by Gasteiger charge is -2.06. The molecule has 5 heteroatoms. The molecule has 86 valence electrons. The summed E-state index contributed by atoms with van der Waals surface area (Å²) in [6.45, 7) is 0. The maximum Gasteiger partial charge on any atom is 0.142 e. The van der Waals surface area contributed by atoms with Crippen LogP contribution in [-0.4, -0.2) is 21.8 Å². The first kappa shape index (κ1) is 10.2. The van der Waals surface area contributed by atoms with E-state index < -0.39 is 0 Å². The van der Waals surface area contributed by atoms with Crippen molar-refractivity contribution in [3.63, 3.8) is 0 Å². The zero-order valence-corrected chi connectivity index (χ0v) is 9.30. The molecule has 2 aromatic rings. The van der Waals surface area contributed by atoms with Crippen molar-refractivity contribution in [3.8, 4) is 0 Å². The molecule has 5 nitrogen and oxygen atoms in total. The number of benzene rings is 1. The number of amidine groups is 1. The molecule has 1 saturated carbocycles. The van der Waals surface area contributed by atoms with Gasteiger partial charge in [-0.15, -0.1) is 0 Å². The van der Waals surface area contributed by atoms with E-state index in [0.29, 0.717) is 6.04 Å². The molecule has 0 spiro atoms. The summed E-state index contributed by atoms with van der Waals surface area (Å²) < 4.78 is 0. The molecule has 3 rings (SSSR count). The van der Waals surface area contributed by atoms with Gasteiger partial charge in [-0.3, -0.25) is 15.0 Å². The molecule has 1 fully saturated rings. The molecule has 0 atom stereocenters. The largest absolute Gasteiger partial charge is 0.308 e. The number of nitrogens with one attached hydrogen (secondary N) is 1. The highest BCUT2D eigenvalue weighted by Crippen LogP contribution is 2.24. The summed E-state index contributed by atoms with van der Waals surface area (Å²) >= 11 is 0. The van der Waals surface area contributed by atoms with Crippen LogP contribution in [0.1, 0.15) is 18.4 Å². The maximum atomic E-state index is 5.51. The van der Waals surface area contributed by atoms with Gasteiger partial charge >= 0.3 is 0 Å². The summed E-state index contributed by atoms with van der Waals surface area (Å²) in [5.74, 6) is 6.23. The number of fused-ring (bicyclic) bond motifs is 1. The number of rotatable bonds is 2. The van der Waals surface area contributed by atoms with Crippen molar-refractivity contribution in [2.45, 2.75) is 18.9 Å². The van der Waals surface area contributed by atoms with E-state index >= 15 is 0 Å². The molecule has 0 radical (unpaired) electrons.